The normalized spacial score (nSPS) is 9.79. The predicted molar refractivity (Wildman–Crippen MR) is 69.1 cm³/mol. The molecule has 0 aliphatic rings. The summed E-state index contributed by atoms with van der Waals surface area (Å²) in [6.45, 7) is 2.42. The number of carbonyl (C=O) groups excluding carboxylic acids is 1. The molecule has 0 N–H and O–H groups in total. The van der Waals surface area contributed by atoms with Crippen LogP contribution in [0, 0.1) is 24.1 Å². The van der Waals surface area contributed by atoms with Crippen LogP contribution in [0.15, 0.2) is 18.2 Å². The van der Waals surface area contributed by atoms with Crippen LogP contribution in [-0.4, -0.2) is 31.0 Å². The van der Waals surface area contributed by atoms with Gasteiger partial charge in [0.2, 0.25) is 5.91 Å². The molecule has 0 saturated carbocycles. The molecule has 0 heterocycles. The van der Waals surface area contributed by atoms with E-state index < -0.39 is 0 Å². The second kappa shape index (κ2) is 7.37. The number of amides is 1. The van der Waals surface area contributed by atoms with Crippen molar-refractivity contribution in [1.82, 2.24) is 4.90 Å². The minimum absolute atomic E-state index is 0.0932. The first-order valence-electron chi connectivity index (χ1n) is 6.04. The predicted octanol–water partition coefficient (Wildman–Crippen LogP) is 2.28. The van der Waals surface area contributed by atoms with E-state index in [0.717, 1.165) is 5.56 Å². The zero-order valence-corrected chi connectivity index (χ0v) is 11.1. The Labute approximate surface area is 112 Å². The molecule has 0 aliphatic heterocycles. The summed E-state index contributed by atoms with van der Waals surface area (Å²) in [6.07, 6.45) is 0.518. The van der Waals surface area contributed by atoms with Gasteiger partial charge in [-0.1, -0.05) is 6.07 Å². The quantitative estimate of drug-likeness (QED) is 0.792. The standard InChI is InChI=1S/C14H17FN2O2/c1-11-4-5-12(15)10-13(11)19-9-6-14(18)17(2)8-3-7-16/h4-5,10H,3,6,8-9H2,1-2H3. The third-order valence-corrected chi connectivity index (χ3v) is 2.71. The molecule has 5 heteroatoms. The van der Waals surface area contributed by atoms with E-state index in [0.29, 0.717) is 18.7 Å². The van der Waals surface area contributed by atoms with Crippen molar-refractivity contribution in [2.45, 2.75) is 19.8 Å². The molecule has 0 fully saturated rings. The summed E-state index contributed by atoms with van der Waals surface area (Å²) in [5.74, 6) is -0.00477. The minimum Gasteiger partial charge on any atom is -0.493 e. The van der Waals surface area contributed by atoms with Crippen LogP contribution in [0.2, 0.25) is 0 Å². The zero-order chi connectivity index (χ0) is 14.3. The molecule has 0 radical (unpaired) electrons. The first-order chi connectivity index (χ1) is 9.04. The monoisotopic (exact) mass is 264 g/mol. The van der Waals surface area contributed by atoms with Gasteiger partial charge in [-0.05, 0) is 18.6 Å². The maximum atomic E-state index is 13.0. The Hall–Kier alpha value is -2.09. The van der Waals surface area contributed by atoms with E-state index >= 15 is 0 Å². The summed E-state index contributed by atoms with van der Waals surface area (Å²) in [7, 11) is 1.65. The molecule has 102 valence electrons. The SMILES string of the molecule is Cc1ccc(F)cc1OCCC(=O)N(C)CCC#N. The number of rotatable bonds is 6. The Balaban J connectivity index is 2.40. The van der Waals surface area contributed by atoms with Crippen LogP contribution < -0.4 is 4.74 Å². The van der Waals surface area contributed by atoms with E-state index in [2.05, 4.69) is 0 Å². The fraction of sp³-hybridized carbons (Fsp3) is 0.429. The van der Waals surface area contributed by atoms with E-state index in [1.54, 1.807) is 13.1 Å². The van der Waals surface area contributed by atoms with E-state index in [1.807, 2.05) is 13.0 Å². The van der Waals surface area contributed by atoms with E-state index in [-0.39, 0.29) is 24.8 Å². The first-order valence-corrected chi connectivity index (χ1v) is 6.04. The zero-order valence-electron chi connectivity index (χ0n) is 11.1. The Bertz CT molecular complexity index is 483. The molecule has 0 saturated heterocycles. The van der Waals surface area contributed by atoms with Crippen molar-refractivity contribution in [2.24, 2.45) is 0 Å². The van der Waals surface area contributed by atoms with Crippen LogP contribution in [0.3, 0.4) is 0 Å². The van der Waals surface area contributed by atoms with Gasteiger partial charge in [-0.15, -0.1) is 0 Å². The van der Waals surface area contributed by atoms with E-state index in [1.165, 1.54) is 17.0 Å². The summed E-state index contributed by atoms with van der Waals surface area (Å²) in [6, 6.07) is 6.28. The lowest BCUT2D eigenvalue weighted by atomic mass is 10.2. The summed E-state index contributed by atoms with van der Waals surface area (Å²) in [4.78, 5) is 13.1. The van der Waals surface area contributed by atoms with Gasteiger partial charge in [0.05, 0.1) is 25.5 Å². The molecule has 0 bridgehead atoms. The Morgan fingerprint density at radius 3 is 2.95 bits per heavy atom. The third kappa shape index (κ3) is 4.96. The van der Waals surface area contributed by atoms with Crippen molar-refractivity contribution in [3.05, 3.63) is 29.6 Å². The van der Waals surface area contributed by atoms with Crippen LogP contribution in [0.5, 0.6) is 5.75 Å². The maximum Gasteiger partial charge on any atom is 0.225 e. The Morgan fingerprint density at radius 1 is 1.53 bits per heavy atom. The van der Waals surface area contributed by atoms with Gasteiger partial charge in [0.15, 0.2) is 0 Å². The van der Waals surface area contributed by atoms with Crippen molar-refractivity contribution < 1.29 is 13.9 Å². The van der Waals surface area contributed by atoms with Crippen LogP contribution in [-0.2, 0) is 4.79 Å². The third-order valence-electron chi connectivity index (χ3n) is 2.71. The first kappa shape index (κ1) is 15.0. The van der Waals surface area contributed by atoms with Crippen LogP contribution >= 0.6 is 0 Å². The average molecular weight is 264 g/mol. The van der Waals surface area contributed by atoms with Crippen LogP contribution in [0.25, 0.3) is 0 Å². The number of aryl methyl sites for hydroxylation is 1. The molecule has 0 unspecified atom stereocenters. The van der Waals surface area contributed by atoms with Gasteiger partial charge in [-0.2, -0.15) is 5.26 Å². The summed E-state index contributed by atoms with van der Waals surface area (Å²) >= 11 is 0. The highest BCUT2D eigenvalue weighted by Gasteiger charge is 2.09. The van der Waals surface area contributed by atoms with Gasteiger partial charge in [-0.25, -0.2) is 4.39 Å². The second-order valence-corrected chi connectivity index (χ2v) is 4.23. The number of nitriles is 1. The lowest BCUT2D eigenvalue weighted by Crippen LogP contribution is -2.28. The van der Waals surface area contributed by atoms with E-state index in [4.69, 9.17) is 10.00 Å². The van der Waals surface area contributed by atoms with Crippen LogP contribution in [0.4, 0.5) is 4.39 Å². The molecule has 1 amide bonds. The lowest BCUT2D eigenvalue weighted by Gasteiger charge is -2.16. The number of ether oxygens (including phenoxy) is 1. The van der Waals surface area contributed by atoms with Crippen molar-refractivity contribution in [1.29, 1.82) is 5.26 Å². The van der Waals surface area contributed by atoms with Crippen molar-refractivity contribution in [3.8, 4) is 11.8 Å². The van der Waals surface area contributed by atoms with Crippen molar-refractivity contribution in [3.63, 3.8) is 0 Å². The van der Waals surface area contributed by atoms with Gasteiger partial charge in [-0.3, -0.25) is 4.79 Å². The number of carbonyl (C=O) groups is 1. The topological polar surface area (TPSA) is 53.3 Å². The molecule has 1 aromatic carbocycles. The summed E-state index contributed by atoms with van der Waals surface area (Å²) in [5, 5.41) is 8.43. The van der Waals surface area contributed by atoms with Gasteiger partial charge in [0.1, 0.15) is 11.6 Å². The average Bonchev–Trinajstić information content (AvgIpc) is 2.39. The van der Waals surface area contributed by atoms with Crippen molar-refractivity contribution in [2.75, 3.05) is 20.2 Å². The summed E-state index contributed by atoms with van der Waals surface area (Å²) < 4.78 is 18.4. The Kier molecular flexibility index (Phi) is 5.80. The maximum absolute atomic E-state index is 13.0. The minimum atomic E-state index is -0.363. The fourth-order valence-electron chi connectivity index (χ4n) is 1.51. The molecule has 1 rings (SSSR count). The van der Waals surface area contributed by atoms with Gasteiger partial charge >= 0.3 is 0 Å². The summed E-state index contributed by atoms with van der Waals surface area (Å²) in [5.41, 5.74) is 0.826. The molecular formula is C14H17FN2O2. The number of hydrogen-bond acceptors (Lipinski definition) is 3. The highest BCUT2D eigenvalue weighted by Crippen LogP contribution is 2.18. The van der Waals surface area contributed by atoms with E-state index in [9.17, 15) is 9.18 Å². The van der Waals surface area contributed by atoms with Gasteiger partial charge in [0, 0.05) is 19.7 Å². The molecule has 4 nitrogen and oxygen atoms in total. The molecule has 0 aromatic heterocycles. The van der Waals surface area contributed by atoms with Gasteiger partial charge in [0.25, 0.3) is 0 Å². The van der Waals surface area contributed by atoms with Crippen LogP contribution in [0.1, 0.15) is 18.4 Å². The highest BCUT2D eigenvalue weighted by atomic mass is 19.1. The Morgan fingerprint density at radius 2 is 2.26 bits per heavy atom. The molecular weight excluding hydrogens is 247 g/mol. The second-order valence-electron chi connectivity index (χ2n) is 4.23. The lowest BCUT2D eigenvalue weighted by molar-refractivity contribution is -0.130. The molecule has 0 atom stereocenters. The van der Waals surface area contributed by atoms with Crippen molar-refractivity contribution >= 4 is 5.91 Å². The fourth-order valence-corrected chi connectivity index (χ4v) is 1.51. The highest BCUT2D eigenvalue weighted by molar-refractivity contribution is 5.76. The molecule has 19 heavy (non-hydrogen) atoms. The molecule has 1 aromatic rings. The number of halogens is 1. The molecule has 0 spiro atoms. The number of nitrogens with zero attached hydrogens (tertiary/aromatic N) is 2. The van der Waals surface area contributed by atoms with Gasteiger partial charge < -0.3 is 9.64 Å². The largest absolute Gasteiger partial charge is 0.493 e. The molecule has 0 aliphatic carbocycles. The number of benzene rings is 1. The smallest absolute Gasteiger partial charge is 0.225 e. The number of hydrogen-bond donors (Lipinski definition) is 0.